The van der Waals surface area contributed by atoms with E-state index in [9.17, 15) is 4.79 Å². The summed E-state index contributed by atoms with van der Waals surface area (Å²) >= 11 is 0. The molecule has 0 spiro atoms. The van der Waals surface area contributed by atoms with Gasteiger partial charge in [-0.3, -0.25) is 4.79 Å². The van der Waals surface area contributed by atoms with Crippen LogP contribution in [-0.4, -0.2) is 34.2 Å². The molecule has 0 aliphatic heterocycles. The Labute approximate surface area is 166 Å². The molecule has 2 aromatic carbocycles. The second-order valence-electron chi connectivity index (χ2n) is 7.05. The van der Waals surface area contributed by atoms with Crippen molar-refractivity contribution in [3.05, 3.63) is 47.5 Å². The zero-order valence-electron chi connectivity index (χ0n) is 17.0. The number of carbonyl (C=O) groups is 1. The molecule has 1 fully saturated rings. The first-order chi connectivity index (χ1) is 13.6. The summed E-state index contributed by atoms with van der Waals surface area (Å²) in [5.41, 5.74) is 1.78. The molecule has 2 aromatic rings. The lowest BCUT2D eigenvalue weighted by atomic mass is 9.72. The van der Waals surface area contributed by atoms with E-state index in [1.54, 1.807) is 40.6 Å². The van der Waals surface area contributed by atoms with Crippen LogP contribution < -0.4 is 18.9 Å². The van der Waals surface area contributed by atoms with Gasteiger partial charge in [-0.25, -0.2) is 0 Å². The Morgan fingerprint density at radius 2 is 1.43 bits per heavy atom. The zero-order chi connectivity index (χ0) is 20.1. The minimum absolute atomic E-state index is 0.0649. The van der Waals surface area contributed by atoms with Crippen molar-refractivity contribution in [2.45, 2.75) is 31.6 Å². The van der Waals surface area contributed by atoms with Crippen LogP contribution in [0.1, 0.15) is 47.5 Å². The number of ether oxygens (including phenoxy) is 4. The molecule has 0 radical (unpaired) electrons. The van der Waals surface area contributed by atoms with Crippen LogP contribution in [0.4, 0.5) is 0 Å². The third-order valence-electron chi connectivity index (χ3n) is 5.60. The normalized spacial score (nSPS) is 19.0. The molecule has 150 valence electrons. The zero-order valence-corrected chi connectivity index (χ0v) is 17.0. The molecule has 2 unspecified atom stereocenters. The number of ketones is 1. The predicted molar refractivity (Wildman–Crippen MR) is 108 cm³/mol. The lowest BCUT2D eigenvalue weighted by molar-refractivity contribution is 0.0867. The minimum Gasteiger partial charge on any atom is -0.497 e. The van der Waals surface area contributed by atoms with Crippen molar-refractivity contribution >= 4 is 5.78 Å². The Kier molecular flexibility index (Phi) is 6.45. The number of methoxy groups -OCH3 is 4. The van der Waals surface area contributed by atoms with Crippen molar-refractivity contribution in [1.82, 2.24) is 0 Å². The highest BCUT2D eigenvalue weighted by molar-refractivity contribution is 5.99. The summed E-state index contributed by atoms with van der Waals surface area (Å²) in [5.74, 6) is 2.59. The molecule has 28 heavy (non-hydrogen) atoms. The quantitative estimate of drug-likeness (QED) is 0.637. The third-order valence-corrected chi connectivity index (χ3v) is 5.60. The van der Waals surface area contributed by atoms with Gasteiger partial charge in [-0.05, 0) is 48.6 Å². The molecule has 1 aliphatic rings. The standard InChI is InChI=1S/C23H28O5/c1-25-17-11-9-15(10-12-17)18-7-5-6-8-19(18)22(24)16-13-20(26-2)23(28-4)21(14-16)27-3/h9-14,18-19H,5-8H2,1-4H3. The first kappa shape index (κ1) is 20.1. The summed E-state index contributed by atoms with van der Waals surface area (Å²) in [5, 5.41) is 0. The Morgan fingerprint density at radius 3 is 1.96 bits per heavy atom. The lowest BCUT2D eigenvalue weighted by Gasteiger charge is -2.31. The van der Waals surface area contributed by atoms with Gasteiger partial charge >= 0.3 is 0 Å². The van der Waals surface area contributed by atoms with E-state index >= 15 is 0 Å². The van der Waals surface area contributed by atoms with Crippen LogP contribution in [0.25, 0.3) is 0 Å². The number of Topliss-reactive ketones (excluding diaryl/α,β-unsaturated/α-hetero) is 1. The fourth-order valence-electron chi connectivity index (χ4n) is 4.13. The van der Waals surface area contributed by atoms with Crippen molar-refractivity contribution in [3.63, 3.8) is 0 Å². The maximum Gasteiger partial charge on any atom is 0.203 e. The summed E-state index contributed by atoms with van der Waals surface area (Å²) in [6.45, 7) is 0. The number of carbonyl (C=O) groups excluding carboxylic acids is 1. The average molecular weight is 384 g/mol. The van der Waals surface area contributed by atoms with Gasteiger partial charge in [-0.2, -0.15) is 0 Å². The van der Waals surface area contributed by atoms with Crippen LogP contribution in [0.2, 0.25) is 0 Å². The van der Waals surface area contributed by atoms with Crippen LogP contribution in [0.3, 0.4) is 0 Å². The second-order valence-corrected chi connectivity index (χ2v) is 7.05. The van der Waals surface area contributed by atoms with Gasteiger partial charge in [0.2, 0.25) is 5.75 Å². The van der Waals surface area contributed by atoms with E-state index in [-0.39, 0.29) is 17.6 Å². The number of benzene rings is 2. The number of rotatable bonds is 7. The molecule has 3 rings (SSSR count). The summed E-state index contributed by atoms with van der Waals surface area (Å²) in [6, 6.07) is 11.6. The van der Waals surface area contributed by atoms with Gasteiger partial charge in [-0.15, -0.1) is 0 Å². The van der Waals surface area contributed by atoms with E-state index in [1.165, 1.54) is 5.56 Å². The average Bonchev–Trinajstić information content (AvgIpc) is 2.77. The van der Waals surface area contributed by atoms with Crippen molar-refractivity contribution in [1.29, 1.82) is 0 Å². The first-order valence-corrected chi connectivity index (χ1v) is 9.61. The molecule has 5 heteroatoms. The highest BCUT2D eigenvalue weighted by Gasteiger charge is 2.33. The summed E-state index contributed by atoms with van der Waals surface area (Å²) in [7, 11) is 6.34. The van der Waals surface area contributed by atoms with Crippen LogP contribution in [-0.2, 0) is 0 Å². The molecule has 5 nitrogen and oxygen atoms in total. The van der Waals surface area contributed by atoms with Crippen LogP contribution >= 0.6 is 0 Å². The maximum atomic E-state index is 13.5. The van der Waals surface area contributed by atoms with Crippen molar-refractivity contribution < 1.29 is 23.7 Å². The Hall–Kier alpha value is -2.69. The van der Waals surface area contributed by atoms with E-state index < -0.39 is 0 Å². The van der Waals surface area contributed by atoms with E-state index in [0.29, 0.717) is 22.8 Å². The largest absolute Gasteiger partial charge is 0.497 e. The summed E-state index contributed by atoms with van der Waals surface area (Å²) in [6.07, 6.45) is 4.09. The number of hydrogen-bond donors (Lipinski definition) is 0. The van der Waals surface area contributed by atoms with Crippen molar-refractivity contribution in [3.8, 4) is 23.0 Å². The Morgan fingerprint density at radius 1 is 0.821 bits per heavy atom. The minimum atomic E-state index is -0.0649. The van der Waals surface area contributed by atoms with Crippen molar-refractivity contribution in [2.24, 2.45) is 5.92 Å². The van der Waals surface area contributed by atoms with E-state index in [1.807, 2.05) is 12.1 Å². The smallest absolute Gasteiger partial charge is 0.203 e. The fourth-order valence-corrected chi connectivity index (χ4v) is 4.13. The molecule has 1 aliphatic carbocycles. The van der Waals surface area contributed by atoms with Crippen LogP contribution in [0.5, 0.6) is 23.0 Å². The monoisotopic (exact) mass is 384 g/mol. The molecule has 0 amide bonds. The Balaban J connectivity index is 1.94. The molecule has 0 aromatic heterocycles. The van der Waals surface area contributed by atoms with Gasteiger partial charge in [-0.1, -0.05) is 25.0 Å². The molecular formula is C23H28O5. The molecular weight excluding hydrogens is 356 g/mol. The van der Waals surface area contributed by atoms with E-state index in [0.717, 1.165) is 31.4 Å². The van der Waals surface area contributed by atoms with E-state index in [2.05, 4.69) is 12.1 Å². The fraction of sp³-hybridized carbons (Fsp3) is 0.435. The van der Waals surface area contributed by atoms with Crippen molar-refractivity contribution in [2.75, 3.05) is 28.4 Å². The van der Waals surface area contributed by atoms with Gasteiger partial charge in [0, 0.05) is 11.5 Å². The highest BCUT2D eigenvalue weighted by Crippen LogP contribution is 2.43. The highest BCUT2D eigenvalue weighted by atomic mass is 16.5. The lowest BCUT2D eigenvalue weighted by Crippen LogP contribution is -2.26. The molecule has 0 saturated heterocycles. The van der Waals surface area contributed by atoms with Crippen LogP contribution in [0.15, 0.2) is 36.4 Å². The SMILES string of the molecule is COc1ccc(C2CCCCC2C(=O)c2cc(OC)c(OC)c(OC)c2)cc1. The third kappa shape index (κ3) is 3.93. The molecule has 1 saturated carbocycles. The topological polar surface area (TPSA) is 54.0 Å². The second kappa shape index (κ2) is 9.00. The molecule has 0 heterocycles. The summed E-state index contributed by atoms with van der Waals surface area (Å²) in [4.78, 5) is 13.5. The molecule has 0 N–H and O–H groups in total. The van der Waals surface area contributed by atoms with Gasteiger partial charge in [0.1, 0.15) is 5.75 Å². The van der Waals surface area contributed by atoms with Crippen LogP contribution in [0, 0.1) is 5.92 Å². The van der Waals surface area contributed by atoms with Gasteiger partial charge in [0.15, 0.2) is 17.3 Å². The maximum absolute atomic E-state index is 13.5. The predicted octanol–water partition coefficient (Wildman–Crippen LogP) is 4.88. The van der Waals surface area contributed by atoms with E-state index in [4.69, 9.17) is 18.9 Å². The van der Waals surface area contributed by atoms with Gasteiger partial charge < -0.3 is 18.9 Å². The Bertz CT molecular complexity index is 787. The molecule has 2 atom stereocenters. The number of hydrogen-bond acceptors (Lipinski definition) is 5. The first-order valence-electron chi connectivity index (χ1n) is 9.61. The van der Waals surface area contributed by atoms with Gasteiger partial charge in [0.05, 0.1) is 28.4 Å². The summed E-state index contributed by atoms with van der Waals surface area (Å²) < 4.78 is 21.5. The molecule has 0 bridgehead atoms. The van der Waals surface area contributed by atoms with Gasteiger partial charge in [0.25, 0.3) is 0 Å².